The van der Waals surface area contributed by atoms with Crippen LogP contribution in [0.15, 0.2) is 0 Å². The summed E-state index contributed by atoms with van der Waals surface area (Å²) in [6.45, 7) is 10.9. The SMILES string of the molecule is CC(=O)C1CC2(C1)CN(C(C)(C)C)C2. The van der Waals surface area contributed by atoms with E-state index >= 15 is 0 Å². The molecule has 80 valence electrons. The molecule has 2 heteroatoms. The fourth-order valence-corrected chi connectivity index (χ4v) is 2.77. The molecule has 0 aromatic heterocycles. The highest BCUT2D eigenvalue weighted by molar-refractivity contribution is 5.79. The fourth-order valence-electron chi connectivity index (χ4n) is 2.77. The molecular weight excluding hydrogens is 174 g/mol. The van der Waals surface area contributed by atoms with E-state index in [9.17, 15) is 4.79 Å². The highest BCUT2D eigenvalue weighted by atomic mass is 16.1. The Hall–Kier alpha value is -0.370. The van der Waals surface area contributed by atoms with Gasteiger partial charge in [0.15, 0.2) is 0 Å². The molecule has 2 rings (SSSR count). The molecule has 0 N–H and O–H groups in total. The number of ketones is 1. The Morgan fingerprint density at radius 2 is 1.79 bits per heavy atom. The van der Waals surface area contributed by atoms with E-state index in [1.807, 2.05) is 0 Å². The first kappa shape index (κ1) is 10.2. The predicted octanol–water partition coefficient (Wildman–Crippen LogP) is 2.09. The van der Waals surface area contributed by atoms with Gasteiger partial charge in [0.1, 0.15) is 5.78 Å². The van der Waals surface area contributed by atoms with Crippen LogP contribution in [-0.2, 0) is 4.79 Å². The molecule has 1 heterocycles. The van der Waals surface area contributed by atoms with Crippen LogP contribution in [0.3, 0.4) is 0 Å². The molecule has 2 fully saturated rings. The zero-order valence-electron chi connectivity index (χ0n) is 9.76. The van der Waals surface area contributed by atoms with Crippen LogP contribution in [0, 0.1) is 11.3 Å². The molecule has 1 spiro atoms. The average Bonchev–Trinajstić information content (AvgIpc) is 1.74. The van der Waals surface area contributed by atoms with E-state index in [2.05, 4.69) is 25.7 Å². The number of hydrogen-bond donors (Lipinski definition) is 0. The van der Waals surface area contributed by atoms with Gasteiger partial charge in [-0.25, -0.2) is 0 Å². The van der Waals surface area contributed by atoms with Gasteiger partial charge in [0.05, 0.1) is 0 Å². The van der Waals surface area contributed by atoms with Gasteiger partial charge < -0.3 is 0 Å². The molecule has 0 atom stereocenters. The molecule has 1 aliphatic carbocycles. The molecule has 2 aliphatic rings. The Balaban J connectivity index is 1.83. The van der Waals surface area contributed by atoms with Crippen molar-refractivity contribution in [2.24, 2.45) is 11.3 Å². The van der Waals surface area contributed by atoms with Crippen LogP contribution in [0.1, 0.15) is 40.5 Å². The fraction of sp³-hybridized carbons (Fsp3) is 0.917. The second kappa shape index (κ2) is 2.82. The van der Waals surface area contributed by atoms with E-state index in [0.29, 0.717) is 22.7 Å². The van der Waals surface area contributed by atoms with Crippen molar-refractivity contribution >= 4 is 5.78 Å². The van der Waals surface area contributed by atoms with Crippen LogP contribution in [0.4, 0.5) is 0 Å². The molecule has 2 nitrogen and oxygen atoms in total. The molecule has 0 unspecified atom stereocenters. The summed E-state index contributed by atoms with van der Waals surface area (Å²) < 4.78 is 0. The molecule has 0 radical (unpaired) electrons. The Kier molecular flexibility index (Phi) is 2.04. The van der Waals surface area contributed by atoms with Gasteiger partial charge in [-0.05, 0) is 46.0 Å². The Labute approximate surface area is 86.7 Å². The zero-order chi connectivity index (χ0) is 10.6. The smallest absolute Gasteiger partial charge is 0.132 e. The number of nitrogens with zero attached hydrogens (tertiary/aromatic N) is 1. The van der Waals surface area contributed by atoms with E-state index in [4.69, 9.17) is 0 Å². The lowest BCUT2D eigenvalue weighted by Gasteiger charge is -2.62. The van der Waals surface area contributed by atoms with Gasteiger partial charge in [-0.3, -0.25) is 9.69 Å². The average molecular weight is 195 g/mol. The zero-order valence-corrected chi connectivity index (χ0v) is 9.76. The van der Waals surface area contributed by atoms with Crippen LogP contribution in [-0.4, -0.2) is 29.3 Å². The van der Waals surface area contributed by atoms with Crippen molar-refractivity contribution in [3.63, 3.8) is 0 Å². The van der Waals surface area contributed by atoms with Gasteiger partial charge in [-0.2, -0.15) is 0 Å². The number of carbonyl (C=O) groups is 1. The van der Waals surface area contributed by atoms with Crippen molar-refractivity contribution in [1.82, 2.24) is 4.90 Å². The monoisotopic (exact) mass is 195 g/mol. The maximum atomic E-state index is 11.1. The van der Waals surface area contributed by atoms with Crippen molar-refractivity contribution in [3.8, 4) is 0 Å². The standard InChI is InChI=1S/C12H21NO/c1-9(14)10-5-12(6-10)7-13(8-12)11(2,3)4/h10H,5-8H2,1-4H3. The number of carbonyl (C=O) groups excluding carboxylic acids is 1. The van der Waals surface area contributed by atoms with Gasteiger partial charge in [0, 0.05) is 24.5 Å². The lowest BCUT2D eigenvalue weighted by atomic mass is 9.56. The van der Waals surface area contributed by atoms with Gasteiger partial charge in [0.25, 0.3) is 0 Å². The van der Waals surface area contributed by atoms with E-state index < -0.39 is 0 Å². The Morgan fingerprint density at radius 3 is 2.14 bits per heavy atom. The van der Waals surface area contributed by atoms with Crippen LogP contribution >= 0.6 is 0 Å². The van der Waals surface area contributed by atoms with Crippen molar-refractivity contribution < 1.29 is 4.79 Å². The van der Waals surface area contributed by atoms with E-state index in [1.54, 1.807) is 6.92 Å². The minimum atomic E-state index is 0.312. The minimum Gasteiger partial charge on any atom is -0.300 e. The number of Topliss-reactive ketones (excluding diaryl/α,β-unsaturated/α-hetero) is 1. The highest BCUT2D eigenvalue weighted by Crippen LogP contribution is 2.53. The maximum absolute atomic E-state index is 11.1. The number of hydrogen-bond acceptors (Lipinski definition) is 2. The molecule has 0 aromatic carbocycles. The summed E-state index contributed by atoms with van der Waals surface area (Å²) in [4.78, 5) is 13.6. The summed E-state index contributed by atoms with van der Waals surface area (Å²) >= 11 is 0. The summed E-state index contributed by atoms with van der Waals surface area (Å²) in [5.74, 6) is 0.780. The van der Waals surface area contributed by atoms with Crippen LogP contribution in [0.25, 0.3) is 0 Å². The third kappa shape index (κ3) is 1.50. The summed E-state index contributed by atoms with van der Waals surface area (Å²) in [5.41, 5.74) is 0.843. The van der Waals surface area contributed by atoms with Crippen LogP contribution in [0.2, 0.25) is 0 Å². The molecule has 1 aliphatic heterocycles. The third-order valence-electron chi connectivity index (χ3n) is 3.93. The number of likely N-dealkylation sites (tertiary alicyclic amines) is 1. The van der Waals surface area contributed by atoms with Crippen LogP contribution < -0.4 is 0 Å². The van der Waals surface area contributed by atoms with E-state index in [1.165, 1.54) is 13.1 Å². The lowest BCUT2D eigenvalue weighted by Crippen LogP contribution is -2.67. The third-order valence-corrected chi connectivity index (χ3v) is 3.93. The van der Waals surface area contributed by atoms with Gasteiger partial charge in [0.2, 0.25) is 0 Å². The summed E-state index contributed by atoms with van der Waals surface area (Å²) in [6.07, 6.45) is 2.30. The normalized spacial score (nSPS) is 27.1. The molecule has 1 saturated heterocycles. The van der Waals surface area contributed by atoms with Crippen molar-refractivity contribution in [1.29, 1.82) is 0 Å². The molecule has 0 aromatic rings. The van der Waals surface area contributed by atoms with Gasteiger partial charge >= 0.3 is 0 Å². The van der Waals surface area contributed by atoms with Gasteiger partial charge in [-0.1, -0.05) is 0 Å². The quantitative estimate of drug-likeness (QED) is 0.638. The molecule has 0 amide bonds. The molecule has 0 bridgehead atoms. The van der Waals surface area contributed by atoms with E-state index in [-0.39, 0.29) is 0 Å². The van der Waals surface area contributed by atoms with Crippen LogP contribution in [0.5, 0.6) is 0 Å². The molecule has 1 saturated carbocycles. The van der Waals surface area contributed by atoms with Crippen molar-refractivity contribution in [2.45, 2.75) is 46.1 Å². The first-order valence-corrected chi connectivity index (χ1v) is 5.58. The highest BCUT2D eigenvalue weighted by Gasteiger charge is 2.55. The first-order valence-electron chi connectivity index (χ1n) is 5.58. The second-order valence-electron chi connectivity index (χ2n) is 6.24. The molecule has 14 heavy (non-hydrogen) atoms. The topological polar surface area (TPSA) is 20.3 Å². The van der Waals surface area contributed by atoms with E-state index in [0.717, 1.165) is 12.8 Å². The minimum absolute atomic E-state index is 0.312. The maximum Gasteiger partial charge on any atom is 0.132 e. The predicted molar refractivity (Wildman–Crippen MR) is 57.2 cm³/mol. The summed E-state index contributed by atoms with van der Waals surface area (Å²) in [7, 11) is 0. The van der Waals surface area contributed by atoms with Gasteiger partial charge in [-0.15, -0.1) is 0 Å². The van der Waals surface area contributed by atoms with Crippen molar-refractivity contribution in [3.05, 3.63) is 0 Å². The largest absolute Gasteiger partial charge is 0.300 e. The Morgan fingerprint density at radius 1 is 1.29 bits per heavy atom. The Bertz CT molecular complexity index is 250. The lowest BCUT2D eigenvalue weighted by molar-refractivity contribution is -0.150. The summed E-state index contributed by atoms with van der Waals surface area (Å²) in [5, 5.41) is 0. The molecular formula is C12H21NO. The second-order valence-corrected chi connectivity index (χ2v) is 6.24. The first-order chi connectivity index (χ1) is 6.32. The summed E-state index contributed by atoms with van der Waals surface area (Å²) in [6, 6.07) is 0. The van der Waals surface area contributed by atoms with Crippen molar-refractivity contribution in [2.75, 3.05) is 13.1 Å². The number of rotatable bonds is 1.